The van der Waals surface area contributed by atoms with Crippen LogP contribution in [-0.2, 0) is 32.7 Å². The van der Waals surface area contributed by atoms with Crippen LogP contribution in [0.15, 0.2) is 48.5 Å². The number of hydrogen-bond donors (Lipinski definition) is 0. The van der Waals surface area contributed by atoms with E-state index in [2.05, 4.69) is 26.0 Å². The quantitative estimate of drug-likeness (QED) is 0.642. The van der Waals surface area contributed by atoms with Crippen LogP contribution in [-0.4, -0.2) is 0 Å². The van der Waals surface area contributed by atoms with Crippen molar-refractivity contribution < 1.29 is 32.7 Å². The molecule has 0 heterocycles. The van der Waals surface area contributed by atoms with Crippen molar-refractivity contribution >= 4 is 0 Å². The van der Waals surface area contributed by atoms with E-state index in [9.17, 15) is 0 Å². The predicted octanol–water partition coefficient (Wildman–Crippen LogP) is 3.59. The van der Waals surface area contributed by atoms with E-state index >= 15 is 0 Å². The van der Waals surface area contributed by atoms with Crippen LogP contribution in [0.3, 0.4) is 0 Å². The predicted molar refractivity (Wildman–Crippen MR) is 60.0 cm³/mol. The van der Waals surface area contributed by atoms with Gasteiger partial charge < -0.3 is 0 Å². The first-order valence-corrected chi connectivity index (χ1v) is 4.64. The fraction of sp³-hybridized carbons (Fsp3) is 0.143. The minimum absolute atomic E-state index is 0. The molecule has 15 heavy (non-hydrogen) atoms. The van der Waals surface area contributed by atoms with Gasteiger partial charge in [0.05, 0.1) is 0 Å². The molecule has 1 heteroatoms. The Labute approximate surface area is 118 Å². The molecule has 2 aromatic carbocycles. The average Bonchev–Trinajstić information content (AvgIpc) is 2.21. The fourth-order valence-corrected chi connectivity index (χ4v) is 0.940. The van der Waals surface area contributed by atoms with Gasteiger partial charge >= 0.3 is 0 Å². The summed E-state index contributed by atoms with van der Waals surface area (Å²) >= 11 is 0. The van der Waals surface area contributed by atoms with Gasteiger partial charge in [0.2, 0.25) is 0 Å². The van der Waals surface area contributed by atoms with Gasteiger partial charge in [0.25, 0.3) is 0 Å². The van der Waals surface area contributed by atoms with Gasteiger partial charge in [-0.05, 0) is 0 Å². The molecular weight excluding hydrogens is 257 g/mol. The normalized spacial score (nSPS) is 8.13. The molecule has 0 N–H and O–H groups in total. The summed E-state index contributed by atoms with van der Waals surface area (Å²) in [5, 5.41) is 0. The third-order valence-electron chi connectivity index (χ3n) is 1.77. The smallest absolute Gasteiger partial charge is 0 e. The van der Waals surface area contributed by atoms with Crippen LogP contribution in [0.5, 0.6) is 0 Å². The van der Waals surface area contributed by atoms with Gasteiger partial charge in [-0.3, -0.25) is 0 Å². The number of aryl methyl sites for hydroxylation is 2. The number of rotatable bonds is 0. The summed E-state index contributed by atoms with van der Waals surface area (Å²) in [5.74, 6) is 0. The average molecular weight is 271 g/mol. The largest absolute Gasteiger partial charge is 0.184 e. The summed E-state index contributed by atoms with van der Waals surface area (Å²) in [6, 6.07) is 21.6. The molecule has 0 saturated heterocycles. The van der Waals surface area contributed by atoms with Gasteiger partial charge in [-0.25, -0.2) is 0 Å². The SMILES string of the molecule is Cc1cc[c-]cc1.Cc1cc[c-]cc1.[Y]. The summed E-state index contributed by atoms with van der Waals surface area (Å²) in [6.07, 6.45) is 0. The maximum atomic E-state index is 2.93. The number of benzene rings is 2. The Bertz CT molecular complexity index is 303. The van der Waals surface area contributed by atoms with Crippen molar-refractivity contribution in [3.63, 3.8) is 0 Å². The van der Waals surface area contributed by atoms with E-state index in [1.807, 2.05) is 48.5 Å². The maximum absolute atomic E-state index is 2.93. The maximum Gasteiger partial charge on any atom is 0 e. The first-order valence-electron chi connectivity index (χ1n) is 4.64. The summed E-state index contributed by atoms with van der Waals surface area (Å²) in [5.41, 5.74) is 2.58. The molecule has 0 nitrogen and oxygen atoms in total. The van der Waals surface area contributed by atoms with Gasteiger partial charge in [0.1, 0.15) is 0 Å². The summed E-state index contributed by atoms with van der Waals surface area (Å²) in [4.78, 5) is 0. The van der Waals surface area contributed by atoms with Crippen molar-refractivity contribution in [2.24, 2.45) is 0 Å². The van der Waals surface area contributed by atoms with Crippen LogP contribution in [0.25, 0.3) is 0 Å². The standard InChI is InChI=1S/2C7H7.Y/c2*1-7-5-3-2-4-6-7;/h2*3-6H,1H3;/q2*-1;. The molecule has 0 aliphatic heterocycles. The van der Waals surface area contributed by atoms with Gasteiger partial charge in [-0.1, -0.05) is 13.8 Å². The third-order valence-corrected chi connectivity index (χ3v) is 1.77. The first-order chi connectivity index (χ1) is 6.79. The molecule has 2 rings (SSSR count). The van der Waals surface area contributed by atoms with Crippen molar-refractivity contribution in [1.82, 2.24) is 0 Å². The topological polar surface area (TPSA) is 0 Å². The molecule has 0 amide bonds. The van der Waals surface area contributed by atoms with Gasteiger partial charge in [-0.2, -0.15) is 71.8 Å². The van der Waals surface area contributed by atoms with Crippen LogP contribution in [0, 0.1) is 26.0 Å². The zero-order valence-corrected chi connectivity index (χ0v) is 12.0. The Balaban J connectivity index is 0.000000245. The van der Waals surface area contributed by atoms with Gasteiger partial charge in [-0.15, -0.1) is 0 Å². The zero-order chi connectivity index (χ0) is 10.2. The molecule has 0 spiro atoms. The summed E-state index contributed by atoms with van der Waals surface area (Å²) < 4.78 is 0. The first kappa shape index (κ1) is 14.5. The van der Waals surface area contributed by atoms with Gasteiger partial charge in [0.15, 0.2) is 0 Å². The Morgan fingerprint density at radius 3 is 1.07 bits per heavy atom. The van der Waals surface area contributed by atoms with E-state index in [0.717, 1.165) is 0 Å². The second-order valence-electron chi connectivity index (χ2n) is 3.15. The Morgan fingerprint density at radius 1 is 0.667 bits per heavy atom. The van der Waals surface area contributed by atoms with Crippen molar-refractivity contribution in [2.45, 2.75) is 13.8 Å². The Morgan fingerprint density at radius 2 is 0.933 bits per heavy atom. The van der Waals surface area contributed by atoms with Crippen molar-refractivity contribution in [3.05, 3.63) is 71.8 Å². The molecule has 0 fully saturated rings. The summed E-state index contributed by atoms with van der Waals surface area (Å²) in [6.45, 7) is 4.13. The molecule has 0 aliphatic carbocycles. The van der Waals surface area contributed by atoms with Crippen molar-refractivity contribution in [1.29, 1.82) is 0 Å². The molecule has 0 atom stereocenters. The Hall–Kier alpha value is -0.456. The van der Waals surface area contributed by atoms with Crippen LogP contribution in [0.1, 0.15) is 11.1 Å². The van der Waals surface area contributed by atoms with Crippen LogP contribution in [0.4, 0.5) is 0 Å². The molecular formula is C14H14Y-2. The van der Waals surface area contributed by atoms with Crippen LogP contribution >= 0.6 is 0 Å². The monoisotopic (exact) mass is 271 g/mol. The molecule has 75 valence electrons. The van der Waals surface area contributed by atoms with Crippen molar-refractivity contribution in [3.8, 4) is 0 Å². The molecule has 1 radical (unpaired) electrons. The minimum Gasteiger partial charge on any atom is -0.184 e. The van der Waals surface area contributed by atoms with E-state index < -0.39 is 0 Å². The second kappa shape index (κ2) is 8.82. The molecule has 0 bridgehead atoms. The molecule has 0 unspecified atom stereocenters. The van der Waals surface area contributed by atoms with E-state index in [-0.39, 0.29) is 32.7 Å². The molecule has 0 aliphatic rings. The minimum atomic E-state index is 0. The van der Waals surface area contributed by atoms with Gasteiger partial charge in [0, 0.05) is 32.7 Å². The van der Waals surface area contributed by atoms with E-state index in [0.29, 0.717) is 0 Å². The zero-order valence-electron chi connectivity index (χ0n) is 9.20. The Kier molecular flexibility index (Phi) is 8.55. The van der Waals surface area contributed by atoms with Crippen LogP contribution in [0.2, 0.25) is 0 Å². The molecule has 2 aromatic rings. The van der Waals surface area contributed by atoms with E-state index in [1.165, 1.54) is 11.1 Å². The third kappa shape index (κ3) is 7.47. The molecule has 0 aromatic heterocycles. The van der Waals surface area contributed by atoms with E-state index in [1.54, 1.807) is 0 Å². The fourth-order valence-electron chi connectivity index (χ4n) is 0.940. The molecule has 0 saturated carbocycles. The summed E-state index contributed by atoms with van der Waals surface area (Å²) in [7, 11) is 0. The van der Waals surface area contributed by atoms with Crippen molar-refractivity contribution in [2.75, 3.05) is 0 Å². The van der Waals surface area contributed by atoms with Crippen LogP contribution < -0.4 is 0 Å². The van der Waals surface area contributed by atoms with E-state index in [4.69, 9.17) is 0 Å². The number of hydrogen-bond acceptors (Lipinski definition) is 0. The second-order valence-corrected chi connectivity index (χ2v) is 3.15.